The maximum absolute atomic E-state index is 12.2. The minimum Gasteiger partial charge on any atom is -0.393 e. The van der Waals surface area contributed by atoms with Crippen LogP contribution < -0.4 is 5.32 Å². The summed E-state index contributed by atoms with van der Waals surface area (Å²) >= 11 is 0. The van der Waals surface area contributed by atoms with Crippen molar-refractivity contribution in [2.75, 3.05) is 0 Å². The van der Waals surface area contributed by atoms with Gasteiger partial charge < -0.3 is 15.5 Å². The van der Waals surface area contributed by atoms with E-state index in [0.29, 0.717) is 58.8 Å². The average Bonchev–Trinajstić information content (AvgIpc) is 3.46. The summed E-state index contributed by atoms with van der Waals surface area (Å²) < 4.78 is 0. The Bertz CT molecular complexity index is 692. The van der Waals surface area contributed by atoms with Crippen molar-refractivity contribution in [3.05, 3.63) is 0 Å². The number of aliphatic hydroxyl groups is 2. The number of hydrogen-bond acceptors (Lipinski definition) is 3. The largest absolute Gasteiger partial charge is 0.393 e. The van der Waals surface area contributed by atoms with Gasteiger partial charge in [-0.3, -0.25) is 4.79 Å². The van der Waals surface area contributed by atoms with Gasteiger partial charge in [-0.15, -0.1) is 0 Å². The number of fused-ring (bicyclic) bond motifs is 5. The maximum Gasteiger partial charge on any atom is 0.220 e. The van der Waals surface area contributed by atoms with Crippen LogP contribution in [-0.2, 0) is 4.79 Å². The molecular formula is C27H45NO3. The van der Waals surface area contributed by atoms with Crippen LogP contribution in [0.5, 0.6) is 0 Å². The minimum absolute atomic E-state index is 0.162. The lowest BCUT2D eigenvalue weighted by Gasteiger charge is -2.62. The molecule has 3 N–H and O–H groups in total. The first-order valence-electron chi connectivity index (χ1n) is 13.4. The van der Waals surface area contributed by atoms with Gasteiger partial charge in [0.1, 0.15) is 0 Å². The van der Waals surface area contributed by atoms with Gasteiger partial charge in [-0.25, -0.2) is 0 Å². The van der Waals surface area contributed by atoms with Crippen LogP contribution in [0.4, 0.5) is 0 Å². The van der Waals surface area contributed by atoms with Gasteiger partial charge in [0.25, 0.3) is 0 Å². The van der Waals surface area contributed by atoms with Crippen LogP contribution in [0.3, 0.4) is 0 Å². The quantitative estimate of drug-likeness (QED) is 0.592. The molecule has 0 radical (unpaired) electrons. The van der Waals surface area contributed by atoms with E-state index in [1.165, 1.54) is 25.7 Å². The Labute approximate surface area is 188 Å². The summed E-state index contributed by atoms with van der Waals surface area (Å²) in [5.41, 5.74) is 0.612. The molecule has 0 spiro atoms. The van der Waals surface area contributed by atoms with Crippen molar-refractivity contribution < 1.29 is 15.0 Å². The zero-order valence-electron chi connectivity index (χ0n) is 20.0. The lowest BCUT2D eigenvalue weighted by molar-refractivity contribution is -0.174. The second-order valence-corrected chi connectivity index (χ2v) is 12.8. The fourth-order valence-corrected chi connectivity index (χ4v) is 9.26. The molecule has 5 saturated carbocycles. The van der Waals surface area contributed by atoms with Gasteiger partial charge >= 0.3 is 0 Å². The smallest absolute Gasteiger partial charge is 0.220 e. The van der Waals surface area contributed by atoms with E-state index >= 15 is 0 Å². The van der Waals surface area contributed by atoms with Gasteiger partial charge in [-0.2, -0.15) is 0 Å². The number of hydrogen-bond donors (Lipinski definition) is 3. The highest BCUT2D eigenvalue weighted by molar-refractivity contribution is 5.76. The standard InChI is InChI=1S/C27H45NO3/c1-16(4-9-24(31)28-18-5-6-18)20-7-8-21-25-22(11-13-27(20,21)3)26(2)12-10-19(29)14-17(26)15-23(25)30/h16-23,25,29-30H,4-15H2,1-3H3,(H,28,31)/t16-,17+,19-,20+,21-,22-,23+,25+,26+,27-/m1/s1. The Balaban J connectivity index is 1.28. The topological polar surface area (TPSA) is 69.6 Å². The number of aliphatic hydroxyl groups excluding tert-OH is 2. The van der Waals surface area contributed by atoms with E-state index in [0.717, 1.165) is 44.9 Å². The Kier molecular flexibility index (Phi) is 5.73. The van der Waals surface area contributed by atoms with Crippen LogP contribution in [0, 0.1) is 46.3 Å². The normalized spacial score (nSPS) is 50.2. The third kappa shape index (κ3) is 3.78. The molecule has 10 atom stereocenters. The molecule has 176 valence electrons. The van der Waals surface area contributed by atoms with E-state index < -0.39 is 0 Å². The van der Waals surface area contributed by atoms with E-state index in [1.807, 2.05) is 0 Å². The summed E-state index contributed by atoms with van der Waals surface area (Å²) in [5, 5.41) is 24.8. The van der Waals surface area contributed by atoms with E-state index in [1.54, 1.807) is 0 Å². The van der Waals surface area contributed by atoms with Crippen molar-refractivity contribution >= 4 is 5.91 Å². The minimum atomic E-state index is -0.198. The number of amides is 1. The SMILES string of the molecule is C[C@H](CCC(=O)NC1CC1)[C@@H]1CC[C@@H]2[C@H]3[C@@H](CC[C@@]21C)[C@@]1(C)CC[C@@H](O)C[C@H]1C[C@@H]3O. The molecule has 0 bridgehead atoms. The summed E-state index contributed by atoms with van der Waals surface area (Å²) in [6.07, 6.45) is 12.5. The maximum atomic E-state index is 12.2. The molecule has 5 aliphatic carbocycles. The monoisotopic (exact) mass is 431 g/mol. The zero-order valence-corrected chi connectivity index (χ0v) is 20.0. The third-order valence-corrected chi connectivity index (χ3v) is 11.2. The molecule has 0 aliphatic heterocycles. The van der Waals surface area contributed by atoms with Crippen LogP contribution in [0.1, 0.15) is 97.8 Å². The van der Waals surface area contributed by atoms with Gasteiger partial charge in [0.05, 0.1) is 12.2 Å². The van der Waals surface area contributed by atoms with Gasteiger partial charge in [-0.05, 0) is 117 Å². The van der Waals surface area contributed by atoms with Crippen molar-refractivity contribution in [2.24, 2.45) is 46.3 Å². The highest BCUT2D eigenvalue weighted by Gasteiger charge is 2.62. The number of carbonyl (C=O) groups is 1. The van der Waals surface area contributed by atoms with E-state index in [2.05, 4.69) is 26.1 Å². The van der Waals surface area contributed by atoms with E-state index in [-0.39, 0.29) is 18.1 Å². The van der Waals surface area contributed by atoms with E-state index in [9.17, 15) is 15.0 Å². The third-order valence-electron chi connectivity index (χ3n) is 11.2. The van der Waals surface area contributed by atoms with Gasteiger partial charge in [-0.1, -0.05) is 20.8 Å². The molecule has 5 rings (SSSR count). The Morgan fingerprint density at radius 2 is 1.68 bits per heavy atom. The molecule has 0 saturated heterocycles. The molecule has 0 aromatic heterocycles. The summed E-state index contributed by atoms with van der Waals surface area (Å²) in [6, 6.07) is 0.463. The molecule has 0 aromatic rings. The molecule has 4 nitrogen and oxygen atoms in total. The summed E-state index contributed by atoms with van der Waals surface area (Å²) in [7, 11) is 0. The molecule has 4 heteroatoms. The lowest BCUT2D eigenvalue weighted by atomic mass is 9.43. The number of rotatable bonds is 5. The van der Waals surface area contributed by atoms with Crippen LogP contribution in [-0.4, -0.2) is 34.4 Å². The van der Waals surface area contributed by atoms with Crippen molar-refractivity contribution in [1.82, 2.24) is 5.32 Å². The Morgan fingerprint density at radius 3 is 2.42 bits per heavy atom. The van der Waals surface area contributed by atoms with Crippen molar-refractivity contribution in [3.63, 3.8) is 0 Å². The van der Waals surface area contributed by atoms with Crippen LogP contribution >= 0.6 is 0 Å². The molecule has 0 unspecified atom stereocenters. The van der Waals surface area contributed by atoms with Crippen molar-refractivity contribution in [2.45, 2.75) is 116 Å². The van der Waals surface area contributed by atoms with Crippen molar-refractivity contribution in [1.29, 1.82) is 0 Å². The van der Waals surface area contributed by atoms with Gasteiger partial charge in [0, 0.05) is 12.5 Å². The fourth-order valence-electron chi connectivity index (χ4n) is 9.26. The highest BCUT2D eigenvalue weighted by atomic mass is 16.3. The van der Waals surface area contributed by atoms with Crippen LogP contribution in [0.2, 0.25) is 0 Å². The highest BCUT2D eigenvalue weighted by Crippen LogP contribution is 2.68. The van der Waals surface area contributed by atoms with Crippen molar-refractivity contribution in [3.8, 4) is 0 Å². The first-order valence-corrected chi connectivity index (χ1v) is 13.4. The number of carbonyl (C=O) groups excluding carboxylic acids is 1. The predicted octanol–water partition coefficient (Wildman–Crippen LogP) is 4.67. The second-order valence-electron chi connectivity index (χ2n) is 12.8. The van der Waals surface area contributed by atoms with Gasteiger partial charge in [0.2, 0.25) is 5.91 Å². The summed E-state index contributed by atoms with van der Waals surface area (Å²) in [5.74, 6) is 3.66. The molecule has 5 fully saturated rings. The molecule has 0 heterocycles. The first kappa shape index (κ1) is 22.2. The van der Waals surface area contributed by atoms with E-state index in [4.69, 9.17) is 0 Å². The number of nitrogens with one attached hydrogen (secondary N) is 1. The van der Waals surface area contributed by atoms with Gasteiger partial charge in [0.15, 0.2) is 0 Å². The van der Waals surface area contributed by atoms with Crippen LogP contribution in [0.15, 0.2) is 0 Å². The molecule has 5 aliphatic rings. The molecule has 31 heavy (non-hydrogen) atoms. The molecule has 0 aromatic carbocycles. The average molecular weight is 432 g/mol. The lowest BCUT2D eigenvalue weighted by Crippen LogP contribution is -2.58. The van der Waals surface area contributed by atoms with Crippen LogP contribution in [0.25, 0.3) is 0 Å². The summed E-state index contributed by atoms with van der Waals surface area (Å²) in [4.78, 5) is 12.2. The summed E-state index contributed by atoms with van der Waals surface area (Å²) in [6.45, 7) is 7.40. The fraction of sp³-hybridized carbons (Fsp3) is 0.963. The first-order chi connectivity index (χ1) is 14.7. The second kappa shape index (κ2) is 8.01. The Morgan fingerprint density at radius 1 is 0.968 bits per heavy atom. The molecular weight excluding hydrogens is 386 g/mol. The predicted molar refractivity (Wildman–Crippen MR) is 122 cm³/mol. The zero-order chi connectivity index (χ0) is 22.0. The molecule has 1 amide bonds. The Hall–Kier alpha value is -0.610.